The second-order valence-electron chi connectivity index (χ2n) is 3.23. The molecule has 2 heteroatoms. The molecule has 2 nitrogen and oxygen atoms in total. The number of allylic oxidation sites excluding steroid dienone is 4. The van der Waals surface area contributed by atoms with E-state index < -0.39 is 0 Å². The fourth-order valence-corrected chi connectivity index (χ4v) is 1.10. The van der Waals surface area contributed by atoms with Gasteiger partial charge in [0.25, 0.3) is 0 Å². The van der Waals surface area contributed by atoms with Crippen LogP contribution >= 0.6 is 0 Å². The van der Waals surface area contributed by atoms with Crippen LogP contribution in [-0.2, 0) is 0 Å². The van der Waals surface area contributed by atoms with Crippen molar-refractivity contribution in [3.63, 3.8) is 0 Å². The zero-order valence-electron chi connectivity index (χ0n) is 8.09. The fraction of sp³-hybridized carbons (Fsp3) is 0.364. The Morgan fingerprint density at radius 2 is 2.62 bits per heavy atom. The minimum Gasteiger partial charge on any atom is -0.306 e. The number of hydrazone groups is 1. The molecule has 1 aliphatic rings. The molecule has 0 aromatic carbocycles. The molecule has 1 rings (SSSR count). The highest BCUT2D eigenvalue weighted by Crippen LogP contribution is 2.09. The summed E-state index contributed by atoms with van der Waals surface area (Å²) in [5.74, 6) is 0. The summed E-state index contributed by atoms with van der Waals surface area (Å²) in [5, 5.41) is 4.03. The van der Waals surface area contributed by atoms with Gasteiger partial charge in [0.15, 0.2) is 0 Å². The van der Waals surface area contributed by atoms with E-state index in [1.807, 2.05) is 6.92 Å². The van der Waals surface area contributed by atoms with Crippen LogP contribution in [0.5, 0.6) is 0 Å². The van der Waals surface area contributed by atoms with Crippen molar-refractivity contribution in [2.45, 2.75) is 19.8 Å². The summed E-state index contributed by atoms with van der Waals surface area (Å²) in [4.78, 5) is 0. The molecule has 0 unspecified atom stereocenters. The summed E-state index contributed by atoms with van der Waals surface area (Å²) in [6.45, 7) is 6.49. The van der Waals surface area contributed by atoms with Crippen molar-refractivity contribution in [3.8, 4) is 0 Å². The minimum atomic E-state index is 0.841. The van der Waals surface area contributed by atoms with Crippen molar-refractivity contribution >= 4 is 6.21 Å². The summed E-state index contributed by atoms with van der Waals surface area (Å²) in [7, 11) is 0. The number of hydrogen-bond acceptors (Lipinski definition) is 2. The van der Waals surface area contributed by atoms with E-state index in [1.165, 1.54) is 5.57 Å². The Kier molecular flexibility index (Phi) is 4.03. The van der Waals surface area contributed by atoms with Gasteiger partial charge in [-0.3, -0.25) is 0 Å². The molecular weight excluding hydrogens is 160 g/mol. The van der Waals surface area contributed by atoms with E-state index in [0.717, 1.165) is 25.0 Å². The molecule has 0 saturated heterocycles. The van der Waals surface area contributed by atoms with Gasteiger partial charge in [-0.15, -0.1) is 0 Å². The Balaban J connectivity index is 2.22. The van der Waals surface area contributed by atoms with Crippen molar-refractivity contribution in [1.29, 1.82) is 0 Å². The van der Waals surface area contributed by atoms with Gasteiger partial charge in [-0.25, -0.2) is 0 Å². The van der Waals surface area contributed by atoms with Gasteiger partial charge >= 0.3 is 0 Å². The zero-order valence-corrected chi connectivity index (χ0v) is 8.09. The number of rotatable bonds is 4. The molecule has 0 atom stereocenters. The number of nitrogens with zero attached hydrogens (tertiary/aromatic N) is 1. The van der Waals surface area contributed by atoms with Crippen LogP contribution < -0.4 is 5.43 Å². The number of hydrogen-bond donors (Lipinski definition) is 1. The molecule has 0 saturated carbocycles. The first kappa shape index (κ1) is 9.78. The highest BCUT2D eigenvalue weighted by atomic mass is 15.3. The van der Waals surface area contributed by atoms with Crippen LogP contribution in [0.4, 0.5) is 0 Å². The second kappa shape index (κ2) is 5.36. The van der Waals surface area contributed by atoms with E-state index in [0.29, 0.717) is 0 Å². The first-order chi connectivity index (χ1) is 6.29. The van der Waals surface area contributed by atoms with Crippen molar-refractivity contribution in [2.75, 3.05) is 6.54 Å². The standard InChI is InChI=1S/C11H16N2/c1-10(2)8-12-13-9-11-6-4-3-5-7-11/h3-4,6,8,13H,1,5,7,9H2,2H3/b12-8-. The van der Waals surface area contributed by atoms with Gasteiger partial charge in [0.2, 0.25) is 0 Å². The lowest BCUT2D eigenvalue weighted by Crippen LogP contribution is -2.11. The van der Waals surface area contributed by atoms with Crippen LogP contribution in [0.25, 0.3) is 0 Å². The second-order valence-corrected chi connectivity index (χ2v) is 3.23. The van der Waals surface area contributed by atoms with E-state index in [-0.39, 0.29) is 0 Å². The van der Waals surface area contributed by atoms with E-state index in [2.05, 4.69) is 35.3 Å². The van der Waals surface area contributed by atoms with Crippen molar-refractivity contribution in [2.24, 2.45) is 5.10 Å². The molecule has 0 spiro atoms. The van der Waals surface area contributed by atoms with Crippen LogP contribution in [-0.4, -0.2) is 12.8 Å². The van der Waals surface area contributed by atoms with Gasteiger partial charge < -0.3 is 5.43 Å². The van der Waals surface area contributed by atoms with Crippen LogP contribution in [0.15, 0.2) is 41.1 Å². The van der Waals surface area contributed by atoms with Crippen LogP contribution in [0.3, 0.4) is 0 Å². The van der Waals surface area contributed by atoms with Gasteiger partial charge in [0.05, 0.1) is 6.54 Å². The zero-order chi connectivity index (χ0) is 9.52. The predicted octanol–water partition coefficient (Wildman–Crippen LogP) is 2.41. The molecule has 0 bridgehead atoms. The van der Waals surface area contributed by atoms with Crippen molar-refractivity contribution in [1.82, 2.24) is 5.43 Å². The summed E-state index contributed by atoms with van der Waals surface area (Å²) < 4.78 is 0. The molecule has 0 aromatic rings. The maximum Gasteiger partial charge on any atom is 0.0543 e. The molecule has 13 heavy (non-hydrogen) atoms. The van der Waals surface area contributed by atoms with Crippen LogP contribution in [0.2, 0.25) is 0 Å². The summed E-state index contributed by atoms with van der Waals surface area (Å²) in [6, 6.07) is 0. The molecule has 1 N–H and O–H groups in total. The van der Waals surface area contributed by atoms with E-state index in [9.17, 15) is 0 Å². The molecule has 0 aromatic heterocycles. The first-order valence-electron chi connectivity index (χ1n) is 4.55. The third-order valence-corrected chi connectivity index (χ3v) is 1.78. The average Bonchev–Trinajstić information content (AvgIpc) is 2.14. The summed E-state index contributed by atoms with van der Waals surface area (Å²) >= 11 is 0. The Bertz CT molecular complexity index is 259. The Labute approximate surface area is 79.7 Å². The molecule has 0 amide bonds. The topological polar surface area (TPSA) is 24.4 Å². The fourth-order valence-electron chi connectivity index (χ4n) is 1.10. The van der Waals surface area contributed by atoms with Gasteiger partial charge in [-0.2, -0.15) is 5.10 Å². The smallest absolute Gasteiger partial charge is 0.0543 e. The summed E-state index contributed by atoms with van der Waals surface area (Å²) in [5.41, 5.74) is 5.36. The third-order valence-electron chi connectivity index (χ3n) is 1.78. The Morgan fingerprint density at radius 1 is 1.77 bits per heavy atom. The molecular formula is C11H16N2. The SMILES string of the molecule is C=C(C)/C=N\NCC1=CC=CCC1. The molecule has 0 heterocycles. The van der Waals surface area contributed by atoms with E-state index in [4.69, 9.17) is 0 Å². The quantitative estimate of drug-likeness (QED) is 0.516. The van der Waals surface area contributed by atoms with Crippen LogP contribution in [0, 0.1) is 0 Å². The highest BCUT2D eigenvalue weighted by Gasteiger charge is 1.96. The third kappa shape index (κ3) is 4.31. The minimum absolute atomic E-state index is 0.841. The average molecular weight is 176 g/mol. The van der Waals surface area contributed by atoms with Crippen molar-refractivity contribution in [3.05, 3.63) is 36.0 Å². The predicted molar refractivity (Wildman–Crippen MR) is 57.8 cm³/mol. The van der Waals surface area contributed by atoms with Gasteiger partial charge in [0, 0.05) is 6.21 Å². The van der Waals surface area contributed by atoms with Crippen molar-refractivity contribution < 1.29 is 0 Å². The van der Waals surface area contributed by atoms with E-state index >= 15 is 0 Å². The monoisotopic (exact) mass is 176 g/mol. The summed E-state index contributed by atoms with van der Waals surface area (Å²) in [6.07, 6.45) is 10.5. The van der Waals surface area contributed by atoms with E-state index in [1.54, 1.807) is 6.21 Å². The normalized spacial score (nSPS) is 15.9. The first-order valence-corrected chi connectivity index (χ1v) is 4.55. The maximum atomic E-state index is 4.03. The lowest BCUT2D eigenvalue weighted by Gasteiger charge is -2.07. The molecule has 0 aliphatic heterocycles. The molecule has 0 fully saturated rings. The molecule has 1 aliphatic carbocycles. The maximum absolute atomic E-state index is 4.03. The van der Waals surface area contributed by atoms with Crippen LogP contribution in [0.1, 0.15) is 19.8 Å². The van der Waals surface area contributed by atoms with Gasteiger partial charge in [-0.1, -0.05) is 24.8 Å². The Hall–Kier alpha value is -1.31. The van der Waals surface area contributed by atoms with Gasteiger partial charge in [-0.05, 0) is 30.9 Å². The lowest BCUT2D eigenvalue weighted by molar-refractivity contribution is 0.763. The molecule has 70 valence electrons. The van der Waals surface area contributed by atoms with Gasteiger partial charge in [0.1, 0.15) is 0 Å². The molecule has 0 radical (unpaired) electrons. The number of nitrogens with one attached hydrogen (secondary N) is 1. The lowest BCUT2D eigenvalue weighted by atomic mass is 10.1. The highest BCUT2D eigenvalue weighted by molar-refractivity contribution is 5.76. The largest absolute Gasteiger partial charge is 0.306 e. The Morgan fingerprint density at radius 3 is 3.23 bits per heavy atom.